The molecule has 4 nitrogen and oxygen atoms in total. The van der Waals surface area contributed by atoms with Crippen LogP contribution in [-0.2, 0) is 10.8 Å². The average molecular weight is 2020 g/mol. The van der Waals surface area contributed by atoms with E-state index in [9.17, 15) is 69.1 Å². The molecule has 0 bridgehead atoms. The first-order chi connectivity index (χ1) is 71.6. The number of halogens is 16. The normalized spacial score (nSPS) is 12.4. The largest absolute Gasteiger partial charge is 0.673 e. The predicted molar refractivity (Wildman–Crippen MR) is 578 cm³/mol. The van der Waals surface area contributed by atoms with Crippen LogP contribution in [0.25, 0.3) is 157 Å². The summed E-state index contributed by atoms with van der Waals surface area (Å²) in [6, 6.07) is 162. The van der Waals surface area contributed by atoms with E-state index in [2.05, 4.69) is 512 Å². The molecule has 4 heterocycles. The number of rotatable bonds is 16. The van der Waals surface area contributed by atoms with Gasteiger partial charge < -0.3 is 69.1 Å². The first-order valence-electron chi connectivity index (χ1n) is 48.8. The van der Waals surface area contributed by atoms with Gasteiger partial charge in [0.2, 0.25) is 45.6 Å². The van der Waals surface area contributed by atoms with Crippen LogP contribution in [0.15, 0.2) is 437 Å². The highest BCUT2D eigenvalue weighted by Gasteiger charge is 2.48. The van der Waals surface area contributed by atoms with Gasteiger partial charge in [0.15, 0.2) is 0 Å². The molecule has 0 spiro atoms. The van der Waals surface area contributed by atoms with Gasteiger partial charge in [0.25, 0.3) is 0 Å². The fourth-order valence-electron chi connectivity index (χ4n) is 19.8. The third-order valence-electron chi connectivity index (χ3n) is 26.9. The van der Waals surface area contributed by atoms with Gasteiger partial charge in [0.05, 0.1) is 10.8 Å². The van der Waals surface area contributed by atoms with E-state index >= 15 is 0 Å². The van der Waals surface area contributed by atoms with Crippen molar-refractivity contribution >= 4 is 29.0 Å². The summed E-state index contributed by atoms with van der Waals surface area (Å²) >= 11 is 0. The average Bonchev–Trinajstić information content (AvgIpc) is 1.55. The molecular formula is C126H100B4F16N4. The maximum atomic E-state index is 9.75. The molecule has 4 aromatic heterocycles. The second-order valence-corrected chi connectivity index (χ2v) is 37.7. The fraction of sp³-hybridized carbons (Fsp3) is 0.0794. The van der Waals surface area contributed by atoms with E-state index in [0.29, 0.717) is 0 Å². The molecule has 0 radical (unpaired) electrons. The molecule has 0 saturated carbocycles. The standard InChI is InChI=1S/2C63H48N2.4BF4/c2*1-41-13-21-47(22-14-41)59-37-51(38-60(64-59)48-23-15-42(2)16-24-48)45-29-33-53(34-30-45)63(57-11-7-5-9-55(57)56-10-6-8-12-58(56)63)54-35-31-46(32-36-54)52-39-61(49-25-17-43(3)18-26-49)65-62(40-52)50-27-19-44(4)20-28-50;4*2-1(3,4)5/h2*5-40H,1-4H3;;;;/q;;4*-1/p+4. The third kappa shape index (κ3) is 24.9. The molecule has 20 aromatic rings. The molecule has 0 saturated heterocycles. The Morgan fingerprint density at radius 3 is 0.380 bits per heavy atom. The molecule has 0 atom stereocenters. The molecule has 0 aliphatic heterocycles. The van der Waals surface area contributed by atoms with Gasteiger partial charge in [-0.3, -0.25) is 0 Å². The third-order valence-corrected chi connectivity index (χ3v) is 26.9. The maximum absolute atomic E-state index is 9.75. The van der Waals surface area contributed by atoms with Crippen molar-refractivity contribution in [3.8, 4) is 157 Å². The molecule has 0 fully saturated rings. The fourth-order valence-corrected chi connectivity index (χ4v) is 19.8. The minimum absolute atomic E-state index is 0.528. The number of fused-ring (bicyclic) bond motifs is 6. The van der Waals surface area contributed by atoms with Crippen molar-refractivity contribution in [2.24, 2.45) is 0 Å². The first kappa shape index (κ1) is 105. The Bertz CT molecular complexity index is 6910. The minimum atomic E-state index is -6.00. The van der Waals surface area contributed by atoms with Crippen LogP contribution in [-0.4, -0.2) is 29.0 Å². The highest BCUT2D eigenvalue weighted by Crippen LogP contribution is 2.59. The summed E-state index contributed by atoms with van der Waals surface area (Å²) in [4.78, 5) is 15.1. The topological polar surface area (TPSA) is 56.6 Å². The van der Waals surface area contributed by atoms with Crippen molar-refractivity contribution in [1.29, 1.82) is 0 Å². The Morgan fingerprint density at radius 1 is 0.140 bits per heavy atom. The molecule has 2 aliphatic rings. The van der Waals surface area contributed by atoms with E-state index in [-0.39, 0.29) is 0 Å². The van der Waals surface area contributed by atoms with Crippen LogP contribution >= 0.6 is 0 Å². The van der Waals surface area contributed by atoms with E-state index in [4.69, 9.17) is 0 Å². The summed E-state index contributed by atoms with van der Waals surface area (Å²) in [5, 5.41) is 0. The van der Waals surface area contributed by atoms with Crippen molar-refractivity contribution in [2.45, 2.75) is 66.2 Å². The van der Waals surface area contributed by atoms with Crippen molar-refractivity contribution < 1.29 is 89.0 Å². The van der Waals surface area contributed by atoms with Crippen LogP contribution in [0.2, 0.25) is 0 Å². The number of aromatic nitrogens is 4. The quantitative estimate of drug-likeness (QED) is 0.0684. The summed E-state index contributed by atoms with van der Waals surface area (Å²) in [6.45, 7) is 17.1. The van der Waals surface area contributed by atoms with Gasteiger partial charge in [-0.25, -0.2) is 19.9 Å². The zero-order chi connectivity index (χ0) is 106. The first-order valence-corrected chi connectivity index (χ1v) is 48.8. The van der Waals surface area contributed by atoms with E-state index < -0.39 is 39.8 Å². The van der Waals surface area contributed by atoms with E-state index in [1.54, 1.807) is 0 Å². The van der Waals surface area contributed by atoms with E-state index in [0.717, 1.165) is 90.1 Å². The van der Waals surface area contributed by atoms with E-state index in [1.807, 2.05) is 0 Å². The van der Waals surface area contributed by atoms with Gasteiger partial charge in [-0.15, -0.1) is 0 Å². The summed E-state index contributed by atoms with van der Waals surface area (Å²) in [5.74, 6) is 0. The van der Waals surface area contributed by atoms with Crippen LogP contribution in [0.5, 0.6) is 0 Å². The lowest BCUT2D eigenvalue weighted by atomic mass is 9.67. The molecule has 2 aliphatic carbocycles. The monoisotopic (exact) mass is 2020 g/mol. The lowest BCUT2D eigenvalue weighted by Crippen LogP contribution is -2.28. The summed E-state index contributed by atoms with van der Waals surface area (Å²) in [7, 11) is -24.0. The van der Waals surface area contributed by atoms with Gasteiger partial charge in [0, 0.05) is 93.0 Å². The summed E-state index contributed by atoms with van der Waals surface area (Å²) < 4.78 is 156. The van der Waals surface area contributed by atoms with Crippen LogP contribution in [0.1, 0.15) is 89.0 Å². The molecule has 16 aromatic carbocycles. The summed E-state index contributed by atoms with van der Waals surface area (Å²) in [5.41, 5.74) is 51.6. The molecule has 24 heteroatoms. The summed E-state index contributed by atoms with van der Waals surface area (Å²) in [6.07, 6.45) is 0. The predicted octanol–water partition coefficient (Wildman–Crippen LogP) is 35.0. The molecule has 748 valence electrons. The highest BCUT2D eigenvalue weighted by atomic mass is 19.5. The molecule has 4 N–H and O–H groups in total. The number of aryl methyl sites for hydroxylation is 8. The van der Waals surface area contributed by atoms with Crippen molar-refractivity contribution in [3.05, 3.63) is 526 Å². The number of hydrogen-bond donors (Lipinski definition) is 0. The van der Waals surface area contributed by atoms with Gasteiger partial charge in [0.1, 0.15) is 0 Å². The Labute approximate surface area is 861 Å². The zero-order valence-corrected chi connectivity index (χ0v) is 82.9. The van der Waals surface area contributed by atoms with Crippen molar-refractivity contribution in [2.75, 3.05) is 0 Å². The highest BCUT2D eigenvalue weighted by molar-refractivity contribution is 6.51. The van der Waals surface area contributed by atoms with E-state index in [1.165, 1.54) is 156 Å². The second kappa shape index (κ2) is 44.1. The smallest absolute Gasteiger partial charge is 0.418 e. The number of hydrogen-bond acceptors (Lipinski definition) is 0. The number of pyridine rings is 4. The number of nitrogens with one attached hydrogen (secondary N) is 4. The molecule has 0 unspecified atom stereocenters. The van der Waals surface area contributed by atoms with Crippen LogP contribution in [0, 0.1) is 55.4 Å². The Balaban J connectivity index is 0.000000173. The molecule has 0 amide bonds. The van der Waals surface area contributed by atoms with Crippen LogP contribution in [0.4, 0.5) is 69.1 Å². The minimum Gasteiger partial charge on any atom is -0.418 e. The maximum Gasteiger partial charge on any atom is 0.673 e. The second-order valence-electron chi connectivity index (χ2n) is 37.7. The SMILES string of the molecule is Cc1ccc(-c2cc(-c3ccc(C4(c5ccc(-c6cc(-c7ccc(C)cc7)[nH+]c(-c7ccc(C)cc7)c6)cc5)c5ccccc5-c5ccccc54)cc3)cc(-c3ccc(C)cc3)[nH+]2)cc1.Cc1ccc(-c2cc(-c3ccc(C4(c5ccc(-c6cc(-c7ccc(C)cc7)[nH+]c(-c7ccc(C)cc7)c6)cc5)c5ccccc5-c5ccccc54)cc3)cc(-c3ccc(C)cc3)[nH+]2)cc1.F[B-](F)(F)F.F[B-](F)(F)F.F[B-](F)(F)F.F[B-](F)(F)F. The number of H-pyrrole nitrogens is 4. The molecule has 150 heavy (non-hydrogen) atoms. The van der Waals surface area contributed by atoms with Crippen molar-refractivity contribution in [1.82, 2.24) is 0 Å². The molecule has 22 rings (SSSR count). The molecular weight excluding hydrogens is 1920 g/mol. The number of benzene rings is 16. The van der Waals surface area contributed by atoms with Gasteiger partial charge in [-0.1, -0.05) is 336 Å². The van der Waals surface area contributed by atoms with Gasteiger partial charge in [-0.05, 0) is 264 Å². The van der Waals surface area contributed by atoms with Crippen LogP contribution in [0.3, 0.4) is 0 Å². The zero-order valence-electron chi connectivity index (χ0n) is 82.9. The van der Waals surface area contributed by atoms with Gasteiger partial charge >= 0.3 is 29.0 Å². The van der Waals surface area contributed by atoms with Gasteiger partial charge in [-0.2, -0.15) is 0 Å². The Morgan fingerprint density at radius 2 is 0.253 bits per heavy atom. The Hall–Kier alpha value is -16.7. The van der Waals surface area contributed by atoms with Crippen LogP contribution < -0.4 is 19.9 Å². The lowest BCUT2D eigenvalue weighted by molar-refractivity contribution is -0.351. The lowest BCUT2D eigenvalue weighted by Gasteiger charge is -2.34. The van der Waals surface area contributed by atoms with Crippen molar-refractivity contribution in [3.63, 3.8) is 0 Å². The Kier molecular flexibility index (Phi) is 30.8. The number of aromatic amines is 4.